The maximum Gasteiger partial charge on any atom is 0.244 e. The van der Waals surface area contributed by atoms with E-state index in [2.05, 4.69) is 9.71 Å². The number of nitrogen functional groups attached to an aromatic ring is 1. The van der Waals surface area contributed by atoms with Gasteiger partial charge in [0.1, 0.15) is 4.90 Å². The second kappa shape index (κ2) is 4.62. The third-order valence-corrected chi connectivity index (χ3v) is 4.48. The zero-order valence-corrected chi connectivity index (χ0v) is 10.6. The number of rotatable bonds is 5. The van der Waals surface area contributed by atoms with Crippen molar-refractivity contribution in [1.82, 2.24) is 9.71 Å². The number of nitrogens with one attached hydrogen (secondary N) is 1. The maximum absolute atomic E-state index is 12.0. The molecule has 1 heterocycles. The molecule has 1 aromatic heterocycles. The summed E-state index contributed by atoms with van der Waals surface area (Å²) in [5, 5.41) is 0. The number of hydrogen-bond acceptors (Lipinski definition) is 4. The molecule has 5 nitrogen and oxygen atoms in total. The Labute approximate surface area is 101 Å². The Morgan fingerprint density at radius 2 is 2.29 bits per heavy atom. The molecule has 1 unspecified atom stereocenters. The van der Waals surface area contributed by atoms with Crippen molar-refractivity contribution in [3.05, 3.63) is 18.5 Å². The molecule has 1 aliphatic rings. The second-order valence-electron chi connectivity index (χ2n) is 4.61. The van der Waals surface area contributed by atoms with Crippen LogP contribution in [0.3, 0.4) is 0 Å². The number of sulfonamides is 1. The number of nitrogens with two attached hydrogens (primary N) is 1. The average molecular weight is 255 g/mol. The van der Waals surface area contributed by atoms with E-state index < -0.39 is 10.0 Å². The van der Waals surface area contributed by atoms with E-state index in [4.69, 9.17) is 5.73 Å². The smallest absolute Gasteiger partial charge is 0.244 e. The van der Waals surface area contributed by atoms with Gasteiger partial charge in [-0.3, -0.25) is 4.98 Å². The van der Waals surface area contributed by atoms with Gasteiger partial charge in [0.2, 0.25) is 10.0 Å². The first-order chi connectivity index (χ1) is 7.99. The Morgan fingerprint density at radius 3 is 2.88 bits per heavy atom. The summed E-state index contributed by atoms with van der Waals surface area (Å²) >= 11 is 0. The van der Waals surface area contributed by atoms with Crippen molar-refractivity contribution < 1.29 is 8.42 Å². The first kappa shape index (κ1) is 12.3. The largest absolute Gasteiger partial charge is 0.398 e. The van der Waals surface area contributed by atoms with E-state index in [9.17, 15) is 8.42 Å². The van der Waals surface area contributed by atoms with Crippen molar-refractivity contribution >= 4 is 15.7 Å². The molecule has 17 heavy (non-hydrogen) atoms. The first-order valence-corrected chi connectivity index (χ1v) is 7.19. The van der Waals surface area contributed by atoms with Crippen molar-refractivity contribution in [3.8, 4) is 0 Å². The van der Waals surface area contributed by atoms with Crippen molar-refractivity contribution in [1.29, 1.82) is 0 Å². The van der Waals surface area contributed by atoms with Crippen LogP contribution in [0.15, 0.2) is 23.4 Å². The predicted octanol–water partition coefficient (Wildman–Crippen LogP) is 1.13. The average Bonchev–Trinajstić information content (AvgIpc) is 3.00. The van der Waals surface area contributed by atoms with Gasteiger partial charge in [0, 0.05) is 18.4 Å². The van der Waals surface area contributed by atoms with E-state index in [0.717, 1.165) is 6.42 Å². The minimum Gasteiger partial charge on any atom is -0.398 e. The highest BCUT2D eigenvalue weighted by atomic mass is 32.2. The summed E-state index contributed by atoms with van der Waals surface area (Å²) in [4.78, 5) is 3.85. The fourth-order valence-electron chi connectivity index (χ4n) is 1.85. The molecule has 1 aliphatic carbocycles. The van der Waals surface area contributed by atoms with Crippen LogP contribution < -0.4 is 10.5 Å². The lowest BCUT2D eigenvalue weighted by Gasteiger charge is -2.14. The molecular formula is C11H17N3O2S. The summed E-state index contributed by atoms with van der Waals surface area (Å²) in [6.45, 7) is 1.88. The summed E-state index contributed by atoms with van der Waals surface area (Å²) < 4.78 is 26.7. The Morgan fingerprint density at radius 1 is 1.59 bits per heavy atom. The highest BCUT2D eigenvalue weighted by Gasteiger charge is 2.26. The van der Waals surface area contributed by atoms with E-state index in [-0.39, 0.29) is 16.6 Å². The third-order valence-electron chi connectivity index (χ3n) is 2.85. The summed E-state index contributed by atoms with van der Waals surface area (Å²) in [5.74, 6) is 0.680. The summed E-state index contributed by atoms with van der Waals surface area (Å²) in [6, 6.07) is 1.42. The van der Waals surface area contributed by atoms with Crippen LogP contribution in [0.4, 0.5) is 5.69 Å². The van der Waals surface area contributed by atoms with Crippen molar-refractivity contribution in [3.63, 3.8) is 0 Å². The highest BCUT2D eigenvalue weighted by Crippen LogP contribution is 2.33. The van der Waals surface area contributed by atoms with Crippen LogP contribution in [0.1, 0.15) is 26.2 Å². The molecule has 0 aromatic carbocycles. The number of hydrogen-bond donors (Lipinski definition) is 2. The topological polar surface area (TPSA) is 85.1 Å². The Kier molecular flexibility index (Phi) is 3.35. The van der Waals surface area contributed by atoms with Crippen LogP contribution in [0, 0.1) is 5.92 Å². The molecule has 0 aliphatic heterocycles. The minimum absolute atomic E-state index is 0.0580. The second-order valence-corrected chi connectivity index (χ2v) is 6.30. The summed E-state index contributed by atoms with van der Waals surface area (Å²) in [6.07, 6.45) is 6.06. The molecular weight excluding hydrogens is 238 g/mol. The Bertz CT molecular complexity index is 497. The Balaban J connectivity index is 2.10. The molecule has 2 rings (SSSR count). The monoisotopic (exact) mass is 255 g/mol. The van der Waals surface area contributed by atoms with Crippen LogP contribution >= 0.6 is 0 Å². The lowest BCUT2D eigenvalue weighted by Crippen LogP contribution is -2.33. The zero-order chi connectivity index (χ0) is 12.5. The van der Waals surface area contributed by atoms with Crippen LogP contribution in [-0.4, -0.2) is 19.4 Å². The molecule has 1 fully saturated rings. The molecule has 0 spiro atoms. The molecule has 1 atom stereocenters. The fourth-order valence-corrected chi connectivity index (χ4v) is 3.18. The quantitative estimate of drug-likeness (QED) is 0.826. The van der Waals surface area contributed by atoms with Crippen LogP contribution in [0.25, 0.3) is 0 Å². The predicted molar refractivity (Wildman–Crippen MR) is 65.8 cm³/mol. The van der Waals surface area contributed by atoms with Gasteiger partial charge >= 0.3 is 0 Å². The minimum atomic E-state index is -3.55. The van der Waals surface area contributed by atoms with Gasteiger partial charge in [-0.05, 0) is 25.3 Å². The van der Waals surface area contributed by atoms with Gasteiger partial charge in [0.25, 0.3) is 0 Å². The van der Waals surface area contributed by atoms with Gasteiger partial charge in [-0.15, -0.1) is 0 Å². The Hall–Kier alpha value is -1.14. The van der Waals surface area contributed by atoms with Crippen LogP contribution in [-0.2, 0) is 10.0 Å². The highest BCUT2D eigenvalue weighted by molar-refractivity contribution is 7.89. The van der Waals surface area contributed by atoms with Crippen molar-refractivity contribution in [2.45, 2.75) is 37.1 Å². The molecule has 0 radical (unpaired) electrons. The maximum atomic E-state index is 12.0. The number of aromatic nitrogens is 1. The standard InChI is InChI=1S/C11H17N3O2S/c1-8(6-9-2-3-9)14-17(15,16)11-7-13-5-4-10(11)12/h4-5,7-9,14H,2-3,6H2,1H3,(H2,12,13). The zero-order valence-electron chi connectivity index (χ0n) is 9.76. The number of anilines is 1. The lowest BCUT2D eigenvalue weighted by molar-refractivity contribution is 0.530. The molecule has 1 saturated carbocycles. The lowest BCUT2D eigenvalue weighted by atomic mass is 10.2. The molecule has 0 amide bonds. The first-order valence-electron chi connectivity index (χ1n) is 5.71. The molecule has 0 saturated heterocycles. The summed E-state index contributed by atoms with van der Waals surface area (Å²) in [5.41, 5.74) is 5.86. The van der Waals surface area contributed by atoms with E-state index >= 15 is 0 Å². The van der Waals surface area contributed by atoms with Gasteiger partial charge in [0.15, 0.2) is 0 Å². The third kappa shape index (κ3) is 3.17. The molecule has 6 heteroatoms. The van der Waals surface area contributed by atoms with Crippen LogP contribution in [0.2, 0.25) is 0 Å². The number of nitrogens with zero attached hydrogens (tertiary/aromatic N) is 1. The van der Waals surface area contributed by atoms with Gasteiger partial charge in [-0.2, -0.15) is 0 Å². The number of pyridine rings is 1. The van der Waals surface area contributed by atoms with E-state index in [1.54, 1.807) is 0 Å². The van der Waals surface area contributed by atoms with Crippen molar-refractivity contribution in [2.24, 2.45) is 5.92 Å². The molecule has 0 bridgehead atoms. The van der Waals surface area contributed by atoms with E-state index in [0.29, 0.717) is 5.92 Å². The SMILES string of the molecule is CC(CC1CC1)NS(=O)(=O)c1cnccc1N. The van der Waals surface area contributed by atoms with E-state index in [1.807, 2.05) is 6.92 Å². The van der Waals surface area contributed by atoms with Gasteiger partial charge < -0.3 is 5.73 Å². The van der Waals surface area contributed by atoms with Gasteiger partial charge in [-0.25, -0.2) is 13.1 Å². The molecule has 1 aromatic rings. The fraction of sp³-hybridized carbons (Fsp3) is 0.545. The van der Waals surface area contributed by atoms with E-state index in [1.165, 1.54) is 31.3 Å². The molecule has 3 N–H and O–H groups in total. The van der Waals surface area contributed by atoms with Crippen molar-refractivity contribution in [2.75, 3.05) is 5.73 Å². The summed E-state index contributed by atoms with van der Waals surface area (Å²) in [7, 11) is -3.55. The van der Waals surface area contributed by atoms with Crippen LogP contribution in [0.5, 0.6) is 0 Å². The normalized spacial score (nSPS) is 17.9. The van der Waals surface area contributed by atoms with Gasteiger partial charge in [-0.1, -0.05) is 12.8 Å². The van der Waals surface area contributed by atoms with Gasteiger partial charge in [0.05, 0.1) is 5.69 Å². The molecule has 94 valence electrons.